The van der Waals surface area contributed by atoms with E-state index in [0.717, 1.165) is 5.56 Å². The number of hydrogen-bond donors (Lipinski definition) is 1. The van der Waals surface area contributed by atoms with E-state index in [2.05, 4.69) is 5.32 Å². The zero-order valence-corrected chi connectivity index (χ0v) is 10.7. The van der Waals surface area contributed by atoms with Crippen molar-refractivity contribution >= 4 is 17.5 Å². The summed E-state index contributed by atoms with van der Waals surface area (Å²) < 4.78 is 1.67. The largest absolute Gasteiger partial charge is 0.346 e. The summed E-state index contributed by atoms with van der Waals surface area (Å²) in [7, 11) is 3.58. The summed E-state index contributed by atoms with van der Waals surface area (Å²) in [5, 5.41) is 4.39. The van der Waals surface area contributed by atoms with Crippen LogP contribution in [0.3, 0.4) is 0 Å². The van der Waals surface area contributed by atoms with Crippen molar-refractivity contribution < 1.29 is 14.3 Å². The second-order valence-corrected chi connectivity index (χ2v) is 4.30. The van der Waals surface area contributed by atoms with Gasteiger partial charge in [0.1, 0.15) is 7.05 Å². The van der Waals surface area contributed by atoms with Crippen LogP contribution < -0.4 is 5.32 Å². The minimum Gasteiger partial charge on any atom is -0.283 e. The second kappa shape index (κ2) is 4.60. The molecule has 0 radical (unpaired) electrons. The van der Waals surface area contributed by atoms with Crippen LogP contribution in [0.15, 0.2) is 30.3 Å². The van der Waals surface area contributed by atoms with Gasteiger partial charge in [-0.05, 0) is 5.56 Å². The van der Waals surface area contributed by atoms with E-state index in [-0.39, 0.29) is 17.7 Å². The highest BCUT2D eigenvalue weighted by Gasteiger charge is 2.43. The van der Waals surface area contributed by atoms with E-state index in [1.165, 1.54) is 6.92 Å². The number of carbonyl (C=O) groups excluding carboxylic acids is 2. The zero-order chi connectivity index (χ0) is 13.3. The van der Waals surface area contributed by atoms with Crippen LogP contribution in [0.25, 0.3) is 0 Å². The Bertz CT molecular complexity index is 522. The molecule has 0 saturated heterocycles. The number of rotatable bonds is 1. The van der Waals surface area contributed by atoms with Crippen molar-refractivity contribution in [3.8, 4) is 0 Å². The number of nitrogens with one attached hydrogen (secondary N) is 1. The van der Waals surface area contributed by atoms with Crippen LogP contribution in [0.2, 0.25) is 0 Å². The van der Waals surface area contributed by atoms with E-state index < -0.39 is 0 Å². The molecule has 0 aliphatic carbocycles. The molecule has 1 aliphatic rings. The van der Waals surface area contributed by atoms with Gasteiger partial charge in [0.2, 0.25) is 0 Å². The highest BCUT2D eigenvalue weighted by atomic mass is 16.2. The Labute approximate surface area is 106 Å². The van der Waals surface area contributed by atoms with Crippen LogP contribution in [0.1, 0.15) is 18.5 Å². The van der Waals surface area contributed by atoms with E-state index in [9.17, 15) is 9.59 Å². The van der Waals surface area contributed by atoms with E-state index in [1.807, 2.05) is 42.4 Å². The number of benzene rings is 1. The molecule has 5 heteroatoms. The highest BCUT2D eigenvalue weighted by molar-refractivity contribution is 6.41. The van der Waals surface area contributed by atoms with Crippen LogP contribution in [-0.2, 0) is 9.59 Å². The molecule has 1 amide bonds. The molecule has 1 atom stereocenters. The Morgan fingerprint density at radius 3 is 2.50 bits per heavy atom. The normalized spacial score (nSPS) is 19.4. The quantitative estimate of drug-likeness (QED) is 0.727. The first-order valence-corrected chi connectivity index (χ1v) is 5.72. The molecule has 0 fully saturated rings. The number of Topliss-reactive ketones (excluding diaryl/α,β-unsaturated/α-hetero) is 1. The lowest BCUT2D eigenvalue weighted by molar-refractivity contribution is -0.661. The average molecular weight is 246 g/mol. The number of amidine groups is 1. The predicted molar refractivity (Wildman–Crippen MR) is 67.0 cm³/mol. The molecule has 1 aliphatic heterocycles. The molecule has 1 aromatic carbocycles. The third kappa shape index (κ3) is 1.99. The molecule has 0 saturated carbocycles. The number of hydrogen-bond acceptors (Lipinski definition) is 3. The lowest BCUT2D eigenvalue weighted by Crippen LogP contribution is -2.37. The first kappa shape index (κ1) is 12.3. The molecule has 2 rings (SSSR count). The molecule has 18 heavy (non-hydrogen) atoms. The fourth-order valence-electron chi connectivity index (χ4n) is 2.10. The molecular weight excluding hydrogens is 230 g/mol. The smallest absolute Gasteiger partial charge is 0.283 e. The van der Waals surface area contributed by atoms with Crippen molar-refractivity contribution in [2.24, 2.45) is 0 Å². The summed E-state index contributed by atoms with van der Waals surface area (Å²) in [6, 6.07) is 9.14. The zero-order valence-electron chi connectivity index (χ0n) is 10.7. The van der Waals surface area contributed by atoms with E-state index in [1.54, 1.807) is 11.7 Å². The van der Waals surface area contributed by atoms with Gasteiger partial charge in [-0.2, -0.15) is 4.68 Å². The van der Waals surface area contributed by atoms with E-state index >= 15 is 0 Å². The summed E-state index contributed by atoms with van der Waals surface area (Å²) in [5.41, 5.74) is 0.914. The Morgan fingerprint density at radius 1 is 1.33 bits per heavy atom. The highest BCUT2D eigenvalue weighted by Crippen LogP contribution is 2.24. The number of amides is 1. The molecule has 94 valence electrons. The van der Waals surface area contributed by atoms with Gasteiger partial charge in [-0.1, -0.05) is 30.3 Å². The van der Waals surface area contributed by atoms with Crippen LogP contribution in [-0.4, -0.2) is 41.3 Å². The Balaban J connectivity index is 2.34. The maximum absolute atomic E-state index is 12.3. The molecule has 0 spiro atoms. The van der Waals surface area contributed by atoms with Gasteiger partial charge in [0.15, 0.2) is 6.04 Å². The maximum atomic E-state index is 12.3. The third-order valence-electron chi connectivity index (χ3n) is 3.06. The Hall–Kier alpha value is -2.17. The minimum atomic E-state index is -0.377. The maximum Gasteiger partial charge on any atom is 0.346 e. The molecule has 0 aromatic heterocycles. The van der Waals surface area contributed by atoms with E-state index in [0.29, 0.717) is 5.84 Å². The van der Waals surface area contributed by atoms with Crippen molar-refractivity contribution in [2.45, 2.75) is 13.0 Å². The molecule has 0 unspecified atom stereocenters. The Kier molecular flexibility index (Phi) is 3.14. The van der Waals surface area contributed by atoms with Gasteiger partial charge < -0.3 is 0 Å². The number of hydrazine groups is 1. The van der Waals surface area contributed by atoms with Gasteiger partial charge in [-0.25, -0.2) is 15.1 Å². The van der Waals surface area contributed by atoms with Gasteiger partial charge in [-0.15, -0.1) is 0 Å². The molecule has 1 N–H and O–H groups in total. The topological polar surface area (TPSA) is 52.4 Å². The molecule has 1 aromatic rings. The summed E-state index contributed by atoms with van der Waals surface area (Å²) in [4.78, 5) is 23.4. The van der Waals surface area contributed by atoms with Crippen LogP contribution in [0, 0.1) is 0 Å². The van der Waals surface area contributed by atoms with Crippen molar-refractivity contribution in [1.82, 2.24) is 10.3 Å². The van der Waals surface area contributed by atoms with Crippen molar-refractivity contribution in [3.05, 3.63) is 35.9 Å². The summed E-state index contributed by atoms with van der Waals surface area (Å²) in [6.45, 7) is 1.39. The predicted octanol–water partition coefficient (Wildman–Crippen LogP) is 0.334. The van der Waals surface area contributed by atoms with Crippen molar-refractivity contribution in [2.75, 3.05) is 14.1 Å². The summed E-state index contributed by atoms with van der Waals surface area (Å²) >= 11 is 0. The molecular formula is C13H16N3O2+. The average Bonchev–Trinajstić information content (AvgIpc) is 2.54. The van der Waals surface area contributed by atoms with Gasteiger partial charge in [0.25, 0.3) is 5.78 Å². The van der Waals surface area contributed by atoms with Crippen LogP contribution >= 0.6 is 0 Å². The monoisotopic (exact) mass is 246 g/mol. The van der Waals surface area contributed by atoms with Gasteiger partial charge >= 0.3 is 11.7 Å². The number of ketones is 1. The number of nitrogens with zero attached hydrogens (tertiary/aromatic N) is 2. The fraction of sp³-hybridized carbons (Fsp3) is 0.308. The standard InChI is InChI=1S/C13H15N3O2/c1-9(17)14-13-12(18)11(15(2)16(13)3)10-7-5-4-6-8-10/h4-8,11H,1-3H3/p+1/t11-/m1/s1. The lowest BCUT2D eigenvalue weighted by Gasteiger charge is -2.18. The van der Waals surface area contributed by atoms with Gasteiger partial charge in [0.05, 0.1) is 0 Å². The molecule has 5 nitrogen and oxygen atoms in total. The van der Waals surface area contributed by atoms with E-state index in [4.69, 9.17) is 0 Å². The van der Waals surface area contributed by atoms with Gasteiger partial charge in [0, 0.05) is 14.0 Å². The first-order valence-electron chi connectivity index (χ1n) is 5.72. The first-order chi connectivity index (χ1) is 8.52. The van der Waals surface area contributed by atoms with Gasteiger partial charge in [-0.3, -0.25) is 4.79 Å². The van der Waals surface area contributed by atoms with Crippen LogP contribution in [0.5, 0.6) is 0 Å². The summed E-state index contributed by atoms with van der Waals surface area (Å²) in [5.74, 6) is -0.0208. The lowest BCUT2D eigenvalue weighted by atomic mass is 10.0. The number of likely N-dealkylation sites (N-methyl/N-ethyl adjacent to an activating group) is 1. The SMILES string of the molecule is CC(=O)NC1=[N+](C)N(C)[C@H](c2ccccc2)C1=O. The number of hydrazone groups is 1. The third-order valence-corrected chi connectivity index (χ3v) is 3.06. The Morgan fingerprint density at radius 2 is 1.94 bits per heavy atom. The summed E-state index contributed by atoms with van der Waals surface area (Å²) in [6.07, 6.45) is 0. The number of carbonyl (C=O) groups is 2. The van der Waals surface area contributed by atoms with Crippen molar-refractivity contribution in [3.63, 3.8) is 0 Å². The van der Waals surface area contributed by atoms with Crippen molar-refractivity contribution in [1.29, 1.82) is 0 Å². The second-order valence-electron chi connectivity index (χ2n) is 4.30. The molecule has 1 heterocycles. The fourth-order valence-corrected chi connectivity index (χ4v) is 2.10. The minimum absolute atomic E-state index is 0.0959. The van der Waals surface area contributed by atoms with Crippen LogP contribution in [0.4, 0.5) is 0 Å². The molecule has 0 bridgehead atoms.